The molecule has 1 aliphatic carbocycles. The fourth-order valence-corrected chi connectivity index (χ4v) is 3.52. The normalized spacial score (nSPS) is 20.9. The molecule has 0 spiro atoms. The second kappa shape index (κ2) is 6.87. The summed E-state index contributed by atoms with van der Waals surface area (Å²) in [5, 5.41) is 0. The van der Waals surface area contributed by atoms with Gasteiger partial charge in [-0.1, -0.05) is 25.7 Å². The maximum absolute atomic E-state index is 11.2. The minimum Gasteiger partial charge on any atom is -0.330 e. The maximum atomic E-state index is 11.2. The quantitative estimate of drug-likeness (QED) is 0.742. The SMILES string of the molecule is CN(CCS(C)(=O)=O)CC1(CN)CCCCCC1. The van der Waals surface area contributed by atoms with E-state index in [9.17, 15) is 8.42 Å². The van der Waals surface area contributed by atoms with Gasteiger partial charge in [0, 0.05) is 19.3 Å². The molecule has 2 N–H and O–H groups in total. The van der Waals surface area contributed by atoms with Crippen LogP contribution in [0.5, 0.6) is 0 Å². The van der Waals surface area contributed by atoms with Crippen molar-refractivity contribution in [3.8, 4) is 0 Å². The fourth-order valence-electron chi connectivity index (χ4n) is 2.88. The largest absolute Gasteiger partial charge is 0.330 e. The predicted molar refractivity (Wildman–Crippen MR) is 76.4 cm³/mol. The highest BCUT2D eigenvalue weighted by molar-refractivity contribution is 7.90. The van der Waals surface area contributed by atoms with E-state index in [0.717, 1.165) is 13.1 Å². The topological polar surface area (TPSA) is 63.4 Å². The molecule has 1 fully saturated rings. The van der Waals surface area contributed by atoms with Crippen LogP contribution >= 0.6 is 0 Å². The highest BCUT2D eigenvalue weighted by Gasteiger charge is 2.30. The van der Waals surface area contributed by atoms with Crippen LogP contribution in [0.1, 0.15) is 38.5 Å². The summed E-state index contributed by atoms with van der Waals surface area (Å²) in [4.78, 5) is 2.14. The average Bonchev–Trinajstić information content (AvgIpc) is 2.52. The smallest absolute Gasteiger partial charge is 0.148 e. The summed E-state index contributed by atoms with van der Waals surface area (Å²) in [5.74, 6) is 0.240. The van der Waals surface area contributed by atoms with Crippen LogP contribution < -0.4 is 5.73 Å². The zero-order valence-corrected chi connectivity index (χ0v) is 12.6. The zero-order chi connectivity index (χ0) is 13.6. The van der Waals surface area contributed by atoms with Gasteiger partial charge >= 0.3 is 0 Å². The van der Waals surface area contributed by atoms with Crippen molar-refractivity contribution in [3.05, 3.63) is 0 Å². The molecule has 1 aliphatic rings. The summed E-state index contributed by atoms with van der Waals surface area (Å²) in [6.45, 7) is 2.26. The molecule has 0 aromatic heterocycles. The second-order valence-electron chi connectivity index (χ2n) is 5.99. The van der Waals surface area contributed by atoms with Gasteiger partial charge in [0.1, 0.15) is 9.84 Å². The Hall–Kier alpha value is -0.130. The van der Waals surface area contributed by atoms with Crippen molar-refractivity contribution in [2.75, 3.05) is 38.7 Å². The first-order valence-electron chi connectivity index (χ1n) is 6.93. The summed E-state index contributed by atoms with van der Waals surface area (Å²) in [5.41, 5.74) is 6.20. The molecule has 0 aromatic carbocycles. The number of hydrogen-bond acceptors (Lipinski definition) is 4. The van der Waals surface area contributed by atoms with Gasteiger partial charge in [-0.3, -0.25) is 0 Å². The molecule has 1 saturated carbocycles. The number of hydrogen-bond donors (Lipinski definition) is 1. The number of nitrogens with two attached hydrogens (primary N) is 1. The van der Waals surface area contributed by atoms with Gasteiger partial charge in [0.2, 0.25) is 0 Å². The molecule has 18 heavy (non-hydrogen) atoms. The Morgan fingerprint density at radius 1 is 1.17 bits per heavy atom. The minimum atomic E-state index is -2.87. The Balaban J connectivity index is 2.50. The number of rotatable bonds is 6. The second-order valence-corrected chi connectivity index (χ2v) is 8.25. The third-order valence-corrected chi connectivity index (χ3v) is 4.97. The lowest BCUT2D eigenvalue weighted by Crippen LogP contribution is -2.42. The van der Waals surface area contributed by atoms with Crippen molar-refractivity contribution >= 4 is 9.84 Å². The first-order chi connectivity index (χ1) is 8.37. The van der Waals surface area contributed by atoms with Crippen LogP contribution in [0.15, 0.2) is 0 Å². The van der Waals surface area contributed by atoms with E-state index in [2.05, 4.69) is 4.90 Å². The molecule has 0 atom stereocenters. The monoisotopic (exact) mass is 276 g/mol. The molecule has 5 heteroatoms. The van der Waals surface area contributed by atoms with Crippen LogP contribution in [-0.4, -0.2) is 52.0 Å². The molecule has 4 nitrogen and oxygen atoms in total. The van der Waals surface area contributed by atoms with Crippen LogP contribution in [0.25, 0.3) is 0 Å². The van der Waals surface area contributed by atoms with Crippen molar-refractivity contribution in [1.82, 2.24) is 4.90 Å². The molecule has 0 saturated heterocycles. The molecule has 1 rings (SSSR count). The van der Waals surface area contributed by atoms with Crippen LogP contribution in [0.4, 0.5) is 0 Å². The van der Waals surface area contributed by atoms with Crippen LogP contribution in [0, 0.1) is 5.41 Å². The van der Waals surface area contributed by atoms with Crippen LogP contribution in [0.3, 0.4) is 0 Å². The number of nitrogens with zero attached hydrogens (tertiary/aromatic N) is 1. The maximum Gasteiger partial charge on any atom is 0.148 e. The van der Waals surface area contributed by atoms with E-state index < -0.39 is 9.84 Å². The van der Waals surface area contributed by atoms with Gasteiger partial charge < -0.3 is 10.6 Å². The summed E-state index contributed by atoms with van der Waals surface area (Å²) in [6.07, 6.45) is 8.82. The van der Waals surface area contributed by atoms with E-state index in [1.165, 1.54) is 44.8 Å². The lowest BCUT2D eigenvalue weighted by atomic mass is 9.80. The third kappa shape index (κ3) is 5.67. The standard InChI is InChI=1S/C13H28N2O2S/c1-15(9-10-18(2,16)17)12-13(11-14)7-5-3-4-6-8-13/h3-12,14H2,1-2H3. The molecular weight excluding hydrogens is 248 g/mol. The molecule has 0 unspecified atom stereocenters. The van der Waals surface area contributed by atoms with E-state index >= 15 is 0 Å². The summed E-state index contributed by atoms with van der Waals surface area (Å²) in [6, 6.07) is 0. The average molecular weight is 276 g/mol. The van der Waals surface area contributed by atoms with Gasteiger partial charge in [-0.25, -0.2) is 8.42 Å². The Morgan fingerprint density at radius 2 is 1.72 bits per heavy atom. The third-order valence-electron chi connectivity index (χ3n) is 4.05. The molecule has 108 valence electrons. The summed E-state index contributed by atoms with van der Waals surface area (Å²) >= 11 is 0. The van der Waals surface area contributed by atoms with E-state index in [0.29, 0.717) is 6.54 Å². The highest BCUT2D eigenvalue weighted by atomic mass is 32.2. The van der Waals surface area contributed by atoms with Crippen molar-refractivity contribution in [2.45, 2.75) is 38.5 Å². The van der Waals surface area contributed by atoms with Crippen LogP contribution in [-0.2, 0) is 9.84 Å². The van der Waals surface area contributed by atoms with Gasteiger partial charge in [-0.15, -0.1) is 0 Å². The van der Waals surface area contributed by atoms with E-state index in [-0.39, 0.29) is 11.2 Å². The Labute approximate surface area is 112 Å². The van der Waals surface area contributed by atoms with E-state index in [4.69, 9.17) is 5.73 Å². The van der Waals surface area contributed by atoms with Gasteiger partial charge in [0.15, 0.2) is 0 Å². The van der Waals surface area contributed by atoms with Crippen molar-refractivity contribution in [1.29, 1.82) is 0 Å². The Morgan fingerprint density at radius 3 is 2.17 bits per heavy atom. The first-order valence-corrected chi connectivity index (χ1v) is 8.99. The minimum absolute atomic E-state index is 0.211. The molecule has 0 amide bonds. The molecule has 0 bridgehead atoms. The van der Waals surface area contributed by atoms with E-state index in [1.807, 2.05) is 7.05 Å². The predicted octanol–water partition coefficient (Wildman–Crippen LogP) is 1.26. The zero-order valence-electron chi connectivity index (χ0n) is 11.8. The highest BCUT2D eigenvalue weighted by Crippen LogP contribution is 2.34. The fraction of sp³-hybridized carbons (Fsp3) is 1.00. The lowest BCUT2D eigenvalue weighted by Gasteiger charge is -2.35. The lowest BCUT2D eigenvalue weighted by molar-refractivity contribution is 0.162. The molecule has 0 aromatic rings. The molecule has 0 heterocycles. The van der Waals surface area contributed by atoms with Gasteiger partial charge in [0.05, 0.1) is 5.75 Å². The van der Waals surface area contributed by atoms with Gasteiger partial charge in [-0.05, 0) is 31.8 Å². The number of sulfone groups is 1. The van der Waals surface area contributed by atoms with Gasteiger partial charge in [-0.2, -0.15) is 0 Å². The first kappa shape index (κ1) is 15.9. The van der Waals surface area contributed by atoms with E-state index in [1.54, 1.807) is 0 Å². The molecule has 0 aliphatic heterocycles. The molecular formula is C13H28N2O2S. The molecule has 0 radical (unpaired) electrons. The van der Waals surface area contributed by atoms with Crippen molar-refractivity contribution in [2.24, 2.45) is 11.1 Å². The summed E-state index contributed by atoms with van der Waals surface area (Å²) in [7, 11) is -0.859. The van der Waals surface area contributed by atoms with Crippen LogP contribution in [0.2, 0.25) is 0 Å². The summed E-state index contributed by atoms with van der Waals surface area (Å²) < 4.78 is 22.4. The van der Waals surface area contributed by atoms with Crippen molar-refractivity contribution in [3.63, 3.8) is 0 Å². The van der Waals surface area contributed by atoms with Crippen molar-refractivity contribution < 1.29 is 8.42 Å². The Bertz CT molecular complexity index is 333. The Kier molecular flexibility index (Phi) is 6.08. The van der Waals surface area contributed by atoms with Gasteiger partial charge in [0.25, 0.3) is 0 Å².